The van der Waals surface area contributed by atoms with E-state index >= 15 is 0 Å². The van der Waals surface area contributed by atoms with Crippen LogP contribution in [0.3, 0.4) is 0 Å². The normalized spacial score (nSPS) is 12.4. The second-order valence-corrected chi connectivity index (χ2v) is 4.49. The van der Waals surface area contributed by atoms with Crippen LogP contribution in [-0.4, -0.2) is 16.2 Å². The first-order chi connectivity index (χ1) is 8.65. The van der Waals surface area contributed by atoms with Crippen molar-refractivity contribution >= 4 is 0 Å². The monoisotopic (exact) mass is 245 g/mol. The molecule has 0 amide bonds. The van der Waals surface area contributed by atoms with Gasteiger partial charge >= 0.3 is 0 Å². The number of pyridine rings is 1. The van der Waals surface area contributed by atoms with Crippen LogP contribution in [0, 0.1) is 12.7 Å². The van der Waals surface area contributed by atoms with Crippen molar-refractivity contribution in [2.75, 3.05) is 0 Å². The van der Waals surface area contributed by atoms with Gasteiger partial charge in [-0.3, -0.25) is 4.98 Å². The van der Waals surface area contributed by atoms with Gasteiger partial charge in [0, 0.05) is 18.8 Å². The van der Waals surface area contributed by atoms with Crippen molar-refractivity contribution < 1.29 is 9.50 Å². The van der Waals surface area contributed by atoms with Gasteiger partial charge in [-0.25, -0.2) is 4.39 Å². The van der Waals surface area contributed by atoms with E-state index in [0.29, 0.717) is 12.8 Å². The molecule has 0 spiro atoms. The second-order valence-electron chi connectivity index (χ2n) is 4.49. The molecule has 0 saturated carbocycles. The van der Waals surface area contributed by atoms with Gasteiger partial charge in [-0.2, -0.15) is 0 Å². The summed E-state index contributed by atoms with van der Waals surface area (Å²) in [6.45, 7) is 1.92. The van der Waals surface area contributed by atoms with Gasteiger partial charge in [0.1, 0.15) is 5.82 Å². The van der Waals surface area contributed by atoms with E-state index in [1.807, 2.05) is 19.1 Å². The van der Waals surface area contributed by atoms with E-state index in [0.717, 1.165) is 16.7 Å². The van der Waals surface area contributed by atoms with Crippen molar-refractivity contribution in [3.63, 3.8) is 0 Å². The minimum absolute atomic E-state index is 0.260. The van der Waals surface area contributed by atoms with Crippen LogP contribution in [0.5, 0.6) is 0 Å². The summed E-state index contributed by atoms with van der Waals surface area (Å²) < 4.78 is 13.1. The summed E-state index contributed by atoms with van der Waals surface area (Å²) in [6, 6.07) is 8.43. The van der Waals surface area contributed by atoms with E-state index in [1.54, 1.807) is 18.5 Å². The van der Waals surface area contributed by atoms with Crippen molar-refractivity contribution in [2.45, 2.75) is 25.9 Å². The highest BCUT2D eigenvalue weighted by Gasteiger charge is 2.09. The number of hydrogen-bond acceptors (Lipinski definition) is 2. The van der Waals surface area contributed by atoms with Gasteiger partial charge in [-0.15, -0.1) is 0 Å². The molecule has 2 aromatic rings. The van der Waals surface area contributed by atoms with Crippen LogP contribution in [0.4, 0.5) is 4.39 Å². The van der Waals surface area contributed by atoms with Crippen molar-refractivity contribution in [3.8, 4) is 0 Å². The predicted octanol–water partition coefficient (Wildman–Crippen LogP) is 2.68. The second kappa shape index (κ2) is 5.74. The molecule has 1 atom stereocenters. The minimum atomic E-state index is -0.519. The summed E-state index contributed by atoms with van der Waals surface area (Å²) in [7, 11) is 0. The zero-order valence-electron chi connectivity index (χ0n) is 10.3. The van der Waals surface area contributed by atoms with Crippen LogP contribution in [0.2, 0.25) is 0 Å². The van der Waals surface area contributed by atoms with Crippen molar-refractivity contribution in [1.82, 2.24) is 4.98 Å². The average Bonchev–Trinajstić information content (AvgIpc) is 2.35. The molecule has 0 radical (unpaired) electrons. The Kier molecular flexibility index (Phi) is 4.05. The molecule has 1 aromatic heterocycles. The average molecular weight is 245 g/mol. The number of aryl methyl sites for hydroxylation is 1. The van der Waals surface area contributed by atoms with E-state index in [4.69, 9.17) is 0 Å². The lowest BCUT2D eigenvalue weighted by Gasteiger charge is -2.12. The Morgan fingerprint density at radius 2 is 2.11 bits per heavy atom. The summed E-state index contributed by atoms with van der Waals surface area (Å²) in [6.07, 6.45) is 3.91. The lowest BCUT2D eigenvalue weighted by atomic mass is 9.99. The number of halogens is 1. The van der Waals surface area contributed by atoms with Crippen LogP contribution in [0.25, 0.3) is 0 Å². The Balaban J connectivity index is 2.03. The molecule has 1 heterocycles. The third-order valence-electron chi connectivity index (χ3n) is 2.96. The Hall–Kier alpha value is -1.74. The Morgan fingerprint density at radius 3 is 2.83 bits per heavy atom. The fourth-order valence-electron chi connectivity index (χ4n) is 1.98. The molecule has 1 unspecified atom stereocenters. The maximum Gasteiger partial charge on any atom is 0.123 e. The standard InChI is InChI=1S/C15H16FNO/c1-11-4-5-14(16)8-13(11)9-15(18)7-12-3-2-6-17-10-12/h2-6,8,10,15,18H,7,9H2,1H3. The molecular formula is C15H16FNO. The van der Waals surface area contributed by atoms with E-state index in [-0.39, 0.29) is 5.82 Å². The van der Waals surface area contributed by atoms with Crippen LogP contribution < -0.4 is 0 Å². The number of aliphatic hydroxyl groups excluding tert-OH is 1. The van der Waals surface area contributed by atoms with Gasteiger partial charge in [0.15, 0.2) is 0 Å². The molecule has 0 saturated heterocycles. The molecule has 2 nitrogen and oxygen atoms in total. The van der Waals surface area contributed by atoms with Gasteiger partial charge in [0.2, 0.25) is 0 Å². The number of rotatable bonds is 4. The molecule has 0 aliphatic rings. The first-order valence-corrected chi connectivity index (χ1v) is 5.97. The van der Waals surface area contributed by atoms with Crippen LogP contribution in [0.1, 0.15) is 16.7 Å². The molecule has 0 fully saturated rings. The van der Waals surface area contributed by atoms with E-state index < -0.39 is 6.10 Å². The smallest absolute Gasteiger partial charge is 0.123 e. The number of aromatic nitrogens is 1. The minimum Gasteiger partial charge on any atom is -0.392 e. The maximum atomic E-state index is 13.1. The summed E-state index contributed by atoms with van der Waals surface area (Å²) in [5.74, 6) is -0.260. The molecule has 1 aromatic carbocycles. The molecule has 3 heteroatoms. The number of hydrogen-bond donors (Lipinski definition) is 1. The highest BCUT2D eigenvalue weighted by molar-refractivity contribution is 5.27. The molecule has 0 aliphatic heterocycles. The molecule has 0 aliphatic carbocycles. The first kappa shape index (κ1) is 12.7. The molecule has 0 bridgehead atoms. The Morgan fingerprint density at radius 1 is 1.28 bits per heavy atom. The summed E-state index contributed by atoms with van der Waals surface area (Å²) in [5.41, 5.74) is 2.84. The number of aliphatic hydroxyl groups is 1. The predicted molar refractivity (Wildman–Crippen MR) is 68.8 cm³/mol. The fraction of sp³-hybridized carbons (Fsp3) is 0.267. The van der Waals surface area contributed by atoms with E-state index in [2.05, 4.69) is 4.98 Å². The molecular weight excluding hydrogens is 229 g/mol. The quantitative estimate of drug-likeness (QED) is 0.898. The zero-order valence-corrected chi connectivity index (χ0v) is 10.3. The zero-order chi connectivity index (χ0) is 13.0. The topological polar surface area (TPSA) is 33.1 Å². The molecule has 2 rings (SSSR count). The summed E-state index contributed by atoms with van der Waals surface area (Å²) in [4.78, 5) is 4.01. The molecule has 1 N–H and O–H groups in total. The van der Waals surface area contributed by atoms with Gasteiger partial charge in [0.25, 0.3) is 0 Å². The van der Waals surface area contributed by atoms with Crippen LogP contribution in [-0.2, 0) is 12.8 Å². The van der Waals surface area contributed by atoms with Crippen molar-refractivity contribution in [2.24, 2.45) is 0 Å². The number of nitrogens with zero attached hydrogens (tertiary/aromatic N) is 1. The van der Waals surface area contributed by atoms with Crippen LogP contribution >= 0.6 is 0 Å². The van der Waals surface area contributed by atoms with Crippen molar-refractivity contribution in [1.29, 1.82) is 0 Å². The molecule has 18 heavy (non-hydrogen) atoms. The van der Waals surface area contributed by atoms with E-state index in [1.165, 1.54) is 12.1 Å². The van der Waals surface area contributed by atoms with E-state index in [9.17, 15) is 9.50 Å². The fourth-order valence-corrected chi connectivity index (χ4v) is 1.98. The SMILES string of the molecule is Cc1ccc(F)cc1CC(O)Cc1cccnc1. The van der Waals surface area contributed by atoms with Gasteiger partial charge in [-0.1, -0.05) is 12.1 Å². The first-order valence-electron chi connectivity index (χ1n) is 5.97. The van der Waals surface area contributed by atoms with Gasteiger partial charge in [-0.05, 0) is 48.2 Å². The highest BCUT2D eigenvalue weighted by atomic mass is 19.1. The maximum absolute atomic E-state index is 13.1. The summed E-state index contributed by atoms with van der Waals surface area (Å²) in [5, 5.41) is 10.0. The van der Waals surface area contributed by atoms with Crippen LogP contribution in [0.15, 0.2) is 42.7 Å². The van der Waals surface area contributed by atoms with Gasteiger partial charge in [0.05, 0.1) is 6.10 Å². The third-order valence-corrected chi connectivity index (χ3v) is 2.96. The lowest BCUT2D eigenvalue weighted by Crippen LogP contribution is -2.14. The van der Waals surface area contributed by atoms with Crippen molar-refractivity contribution in [3.05, 3.63) is 65.2 Å². The largest absolute Gasteiger partial charge is 0.392 e. The summed E-state index contributed by atoms with van der Waals surface area (Å²) >= 11 is 0. The highest BCUT2D eigenvalue weighted by Crippen LogP contribution is 2.14. The lowest BCUT2D eigenvalue weighted by molar-refractivity contribution is 0.175. The Labute approximate surface area is 106 Å². The van der Waals surface area contributed by atoms with Gasteiger partial charge < -0.3 is 5.11 Å². The number of benzene rings is 1. The third kappa shape index (κ3) is 3.37. The molecule has 94 valence electrons. The Bertz CT molecular complexity index is 513.